The molecule has 1 saturated heterocycles. The van der Waals surface area contributed by atoms with Crippen molar-refractivity contribution in [2.24, 2.45) is 0 Å². The molecule has 0 saturated carbocycles. The average Bonchev–Trinajstić information content (AvgIpc) is 2.37. The molecule has 0 spiro atoms. The molecule has 1 unspecified atom stereocenters. The number of rotatable bonds is 2. The molecule has 0 bridgehead atoms. The minimum atomic E-state index is -5.01. The number of alkyl halides is 3. The summed E-state index contributed by atoms with van der Waals surface area (Å²) >= 11 is 0. The Morgan fingerprint density at radius 3 is 2.35 bits per heavy atom. The summed E-state index contributed by atoms with van der Waals surface area (Å²) in [5.41, 5.74) is -3.68. The molecule has 23 heavy (non-hydrogen) atoms. The number of hydrogen-bond acceptors (Lipinski definition) is 3. The number of halogens is 3. The zero-order valence-electron chi connectivity index (χ0n) is 13.1. The van der Waals surface area contributed by atoms with Crippen molar-refractivity contribution in [1.82, 2.24) is 0 Å². The first-order valence-corrected chi connectivity index (χ1v) is 7.13. The molecule has 1 aliphatic heterocycles. The number of nitrogens with one attached hydrogen (secondary N) is 1. The first-order valence-electron chi connectivity index (χ1n) is 7.13. The Labute approximate surface area is 132 Å². The van der Waals surface area contributed by atoms with E-state index in [1.54, 1.807) is 25.1 Å². The van der Waals surface area contributed by atoms with Crippen LogP contribution in [0.3, 0.4) is 0 Å². The van der Waals surface area contributed by atoms with E-state index in [0.717, 1.165) is 0 Å². The van der Waals surface area contributed by atoms with E-state index in [0.29, 0.717) is 5.56 Å². The summed E-state index contributed by atoms with van der Waals surface area (Å²) in [5.74, 6) is -2.03. The predicted octanol–water partition coefficient (Wildman–Crippen LogP) is 3.39. The lowest BCUT2D eigenvalue weighted by atomic mass is 9.84. The molecule has 1 fully saturated rings. The number of anilines is 1. The monoisotopic (exact) mass is 329 g/mol. The van der Waals surface area contributed by atoms with Crippen molar-refractivity contribution in [3.8, 4) is 0 Å². The number of hydrogen-bond donors (Lipinski definition) is 1. The molecular formula is C16H18F3NO3. The summed E-state index contributed by atoms with van der Waals surface area (Å²) in [6, 6.07) is 6.45. The van der Waals surface area contributed by atoms with E-state index in [4.69, 9.17) is 4.74 Å². The lowest BCUT2D eigenvalue weighted by molar-refractivity contribution is -0.298. The number of benzene rings is 1. The smallest absolute Gasteiger partial charge is 0.350 e. The second-order valence-electron chi connectivity index (χ2n) is 6.35. The zero-order valence-corrected chi connectivity index (χ0v) is 13.1. The Kier molecular flexibility index (Phi) is 4.28. The zero-order chi connectivity index (χ0) is 17.5. The van der Waals surface area contributed by atoms with Crippen LogP contribution in [0.5, 0.6) is 0 Å². The van der Waals surface area contributed by atoms with Gasteiger partial charge >= 0.3 is 6.18 Å². The molecule has 1 aromatic carbocycles. The van der Waals surface area contributed by atoms with Crippen molar-refractivity contribution in [1.29, 1.82) is 0 Å². The first kappa shape index (κ1) is 17.5. The number of amides is 1. The van der Waals surface area contributed by atoms with Crippen LogP contribution in [0.2, 0.25) is 0 Å². The highest BCUT2D eigenvalue weighted by Gasteiger charge is 2.66. The normalized spacial score (nSPS) is 24.3. The van der Waals surface area contributed by atoms with E-state index in [2.05, 4.69) is 5.32 Å². The van der Waals surface area contributed by atoms with Crippen molar-refractivity contribution in [2.75, 3.05) is 5.32 Å². The van der Waals surface area contributed by atoms with Gasteiger partial charge in [0.05, 0.1) is 12.0 Å². The molecule has 0 aliphatic carbocycles. The van der Waals surface area contributed by atoms with Crippen LogP contribution in [0, 0.1) is 6.92 Å². The highest BCUT2D eigenvalue weighted by molar-refractivity contribution is 6.02. The van der Waals surface area contributed by atoms with Crippen LogP contribution in [0.25, 0.3) is 0 Å². The topological polar surface area (TPSA) is 55.4 Å². The Balaban J connectivity index is 2.41. The van der Waals surface area contributed by atoms with Crippen molar-refractivity contribution >= 4 is 17.4 Å². The number of para-hydroxylation sites is 1. The minimum absolute atomic E-state index is 0.164. The molecule has 1 aromatic rings. The van der Waals surface area contributed by atoms with Gasteiger partial charge in [-0.2, -0.15) is 13.2 Å². The summed E-state index contributed by atoms with van der Waals surface area (Å²) in [7, 11) is 0. The molecule has 1 atom stereocenters. The first-order chi connectivity index (χ1) is 10.5. The fourth-order valence-corrected chi connectivity index (χ4v) is 2.71. The summed E-state index contributed by atoms with van der Waals surface area (Å²) in [6.07, 6.45) is -6.19. The molecular weight excluding hydrogens is 311 g/mol. The van der Waals surface area contributed by atoms with Crippen LogP contribution < -0.4 is 5.32 Å². The molecule has 2 rings (SSSR count). The van der Waals surface area contributed by atoms with Crippen molar-refractivity contribution in [2.45, 2.75) is 51.0 Å². The van der Waals surface area contributed by atoms with Crippen molar-refractivity contribution in [3.05, 3.63) is 29.8 Å². The lowest BCUT2D eigenvalue weighted by Crippen LogP contribution is -2.63. The summed E-state index contributed by atoms with van der Waals surface area (Å²) in [4.78, 5) is 24.2. The fourth-order valence-electron chi connectivity index (χ4n) is 2.71. The third-order valence-electron chi connectivity index (χ3n) is 3.74. The Hall–Kier alpha value is -1.89. The number of ether oxygens (including phenoxy) is 1. The lowest BCUT2D eigenvalue weighted by Gasteiger charge is -2.43. The maximum absolute atomic E-state index is 13.6. The maximum Gasteiger partial charge on any atom is 0.427 e. The summed E-state index contributed by atoms with van der Waals surface area (Å²) in [5, 5.41) is 2.25. The van der Waals surface area contributed by atoms with Gasteiger partial charge in [-0.25, -0.2) is 0 Å². The number of aryl methyl sites for hydroxylation is 1. The molecule has 4 nitrogen and oxygen atoms in total. The second-order valence-corrected chi connectivity index (χ2v) is 6.35. The van der Waals surface area contributed by atoms with E-state index in [9.17, 15) is 22.8 Å². The SMILES string of the molecule is Cc1ccccc1NC(=O)C1(C(F)(F)F)CC(=O)CC(C)(C)O1. The molecule has 126 valence electrons. The van der Waals surface area contributed by atoms with Gasteiger partial charge in [-0.1, -0.05) is 18.2 Å². The van der Waals surface area contributed by atoms with Gasteiger partial charge < -0.3 is 10.1 Å². The number of Topliss-reactive ketones (excluding diaryl/α,β-unsaturated/α-hetero) is 1. The third-order valence-corrected chi connectivity index (χ3v) is 3.74. The van der Waals surface area contributed by atoms with E-state index in [1.807, 2.05) is 0 Å². The van der Waals surface area contributed by atoms with Gasteiger partial charge in [0, 0.05) is 12.1 Å². The van der Waals surface area contributed by atoms with Gasteiger partial charge in [-0.3, -0.25) is 9.59 Å². The standard InChI is InChI=1S/C16H18F3NO3/c1-10-6-4-5-7-12(10)20-13(22)15(16(17,18)19)9-11(21)8-14(2,3)23-15/h4-7H,8-9H2,1-3H3,(H,20,22). The van der Waals surface area contributed by atoms with E-state index < -0.39 is 35.5 Å². The molecule has 1 heterocycles. The highest BCUT2D eigenvalue weighted by Crippen LogP contribution is 2.45. The molecule has 1 amide bonds. The van der Waals surface area contributed by atoms with Gasteiger partial charge in [0.15, 0.2) is 0 Å². The van der Waals surface area contributed by atoms with Crippen LogP contribution in [0.15, 0.2) is 24.3 Å². The van der Waals surface area contributed by atoms with Crippen molar-refractivity contribution < 1.29 is 27.5 Å². The third kappa shape index (κ3) is 3.39. The summed E-state index contributed by atoms with van der Waals surface area (Å²) < 4.78 is 46.0. The van der Waals surface area contributed by atoms with Crippen LogP contribution >= 0.6 is 0 Å². The molecule has 1 aliphatic rings. The van der Waals surface area contributed by atoms with Gasteiger partial charge in [-0.05, 0) is 32.4 Å². The van der Waals surface area contributed by atoms with Gasteiger partial charge in [0.1, 0.15) is 5.78 Å². The summed E-state index contributed by atoms with van der Waals surface area (Å²) in [6.45, 7) is 4.39. The van der Waals surface area contributed by atoms with Gasteiger partial charge in [0.2, 0.25) is 5.60 Å². The largest absolute Gasteiger partial charge is 0.427 e. The predicted molar refractivity (Wildman–Crippen MR) is 78.0 cm³/mol. The van der Waals surface area contributed by atoms with Crippen LogP contribution in [0.1, 0.15) is 32.3 Å². The van der Waals surface area contributed by atoms with Crippen LogP contribution in [0.4, 0.5) is 18.9 Å². The van der Waals surface area contributed by atoms with Gasteiger partial charge in [-0.15, -0.1) is 0 Å². The molecule has 7 heteroatoms. The minimum Gasteiger partial charge on any atom is -0.350 e. The van der Waals surface area contributed by atoms with Crippen LogP contribution in [-0.2, 0) is 14.3 Å². The van der Waals surface area contributed by atoms with Gasteiger partial charge in [0.25, 0.3) is 5.91 Å². The van der Waals surface area contributed by atoms with E-state index in [-0.39, 0.29) is 12.1 Å². The van der Waals surface area contributed by atoms with E-state index in [1.165, 1.54) is 19.9 Å². The quantitative estimate of drug-likeness (QED) is 0.905. The fraction of sp³-hybridized carbons (Fsp3) is 0.500. The Morgan fingerprint density at radius 2 is 1.83 bits per heavy atom. The Bertz CT molecular complexity index is 640. The molecule has 0 aromatic heterocycles. The highest BCUT2D eigenvalue weighted by atomic mass is 19.4. The van der Waals surface area contributed by atoms with E-state index >= 15 is 0 Å². The number of ketones is 1. The van der Waals surface area contributed by atoms with Crippen molar-refractivity contribution in [3.63, 3.8) is 0 Å². The molecule has 0 radical (unpaired) electrons. The van der Waals surface area contributed by atoms with Crippen LogP contribution in [-0.4, -0.2) is 29.1 Å². The molecule has 1 N–H and O–H groups in total. The number of carbonyl (C=O) groups excluding carboxylic acids is 2. The Morgan fingerprint density at radius 1 is 1.22 bits per heavy atom. The maximum atomic E-state index is 13.6. The number of carbonyl (C=O) groups is 2. The second kappa shape index (κ2) is 5.63. The average molecular weight is 329 g/mol.